The summed E-state index contributed by atoms with van der Waals surface area (Å²) in [5.41, 5.74) is 0.373. The van der Waals surface area contributed by atoms with Gasteiger partial charge in [-0.25, -0.2) is 4.39 Å². The molecule has 4 nitrogen and oxygen atoms in total. The second kappa shape index (κ2) is 4.76. The van der Waals surface area contributed by atoms with Gasteiger partial charge in [0.25, 0.3) is 5.91 Å². The number of benzene rings is 1. The number of hydrogen-bond acceptors (Lipinski definition) is 2. The molecule has 18 heavy (non-hydrogen) atoms. The minimum atomic E-state index is -0.554. The van der Waals surface area contributed by atoms with Gasteiger partial charge in [0.05, 0.1) is 5.69 Å². The lowest BCUT2D eigenvalue weighted by atomic mass is 10.1. The van der Waals surface area contributed by atoms with Crippen LogP contribution in [0.5, 0.6) is 0 Å². The van der Waals surface area contributed by atoms with Crippen molar-refractivity contribution in [3.63, 3.8) is 0 Å². The first-order valence-corrected chi connectivity index (χ1v) is 5.85. The molecule has 2 atom stereocenters. The standard InChI is InChI=1S/C13H15FN2O2/c1-7-5-11(7)16-13(18)9-3-4-10(14)12(6-9)15-8(2)17/h3-4,6-7,11H,5H2,1-2H3,(H,15,17)(H,16,18)/t7-,11+/m0/s1. The van der Waals surface area contributed by atoms with Crippen LogP contribution in [0, 0.1) is 11.7 Å². The quantitative estimate of drug-likeness (QED) is 0.861. The van der Waals surface area contributed by atoms with Gasteiger partial charge in [0.1, 0.15) is 5.82 Å². The van der Waals surface area contributed by atoms with E-state index in [9.17, 15) is 14.0 Å². The van der Waals surface area contributed by atoms with E-state index < -0.39 is 5.82 Å². The summed E-state index contributed by atoms with van der Waals surface area (Å²) in [6.45, 7) is 3.34. The van der Waals surface area contributed by atoms with Gasteiger partial charge in [-0.15, -0.1) is 0 Å². The maximum atomic E-state index is 13.4. The molecule has 1 aliphatic carbocycles. The summed E-state index contributed by atoms with van der Waals surface area (Å²) in [7, 11) is 0. The first-order chi connectivity index (χ1) is 8.47. The molecule has 0 unspecified atom stereocenters. The topological polar surface area (TPSA) is 58.2 Å². The molecule has 0 aromatic heterocycles. The highest BCUT2D eigenvalue weighted by Gasteiger charge is 2.34. The predicted molar refractivity (Wildman–Crippen MR) is 65.7 cm³/mol. The van der Waals surface area contributed by atoms with Crippen molar-refractivity contribution in [1.29, 1.82) is 0 Å². The Labute approximate surface area is 105 Å². The summed E-state index contributed by atoms with van der Waals surface area (Å²) >= 11 is 0. The number of anilines is 1. The molecule has 1 aliphatic rings. The van der Waals surface area contributed by atoms with E-state index in [4.69, 9.17) is 0 Å². The Kier molecular flexibility index (Phi) is 3.32. The van der Waals surface area contributed by atoms with Crippen LogP contribution in [0.2, 0.25) is 0 Å². The van der Waals surface area contributed by atoms with Gasteiger partial charge in [0, 0.05) is 18.5 Å². The van der Waals surface area contributed by atoms with Gasteiger partial charge < -0.3 is 10.6 Å². The Morgan fingerprint density at radius 1 is 1.39 bits per heavy atom. The second-order valence-electron chi connectivity index (χ2n) is 4.67. The van der Waals surface area contributed by atoms with Gasteiger partial charge in [-0.3, -0.25) is 9.59 Å². The van der Waals surface area contributed by atoms with Crippen molar-refractivity contribution in [3.8, 4) is 0 Å². The molecule has 1 aromatic rings. The molecular weight excluding hydrogens is 235 g/mol. The fourth-order valence-electron chi connectivity index (χ4n) is 1.73. The third kappa shape index (κ3) is 2.85. The van der Waals surface area contributed by atoms with Gasteiger partial charge in [-0.05, 0) is 30.5 Å². The van der Waals surface area contributed by atoms with E-state index >= 15 is 0 Å². The number of amides is 2. The Morgan fingerprint density at radius 3 is 2.61 bits per heavy atom. The first kappa shape index (κ1) is 12.5. The third-order valence-corrected chi connectivity index (χ3v) is 2.97. The van der Waals surface area contributed by atoms with E-state index in [2.05, 4.69) is 17.6 Å². The van der Waals surface area contributed by atoms with Crippen molar-refractivity contribution < 1.29 is 14.0 Å². The van der Waals surface area contributed by atoms with E-state index in [1.165, 1.54) is 25.1 Å². The van der Waals surface area contributed by atoms with Gasteiger partial charge in [-0.2, -0.15) is 0 Å². The maximum absolute atomic E-state index is 13.4. The lowest BCUT2D eigenvalue weighted by Gasteiger charge is -2.08. The fraction of sp³-hybridized carbons (Fsp3) is 0.385. The number of hydrogen-bond donors (Lipinski definition) is 2. The zero-order valence-electron chi connectivity index (χ0n) is 10.3. The van der Waals surface area contributed by atoms with Crippen LogP contribution in [-0.2, 0) is 4.79 Å². The highest BCUT2D eigenvalue weighted by atomic mass is 19.1. The van der Waals surface area contributed by atoms with Crippen LogP contribution in [0.1, 0.15) is 30.6 Å². The predicted octanol–water partition coefficient (Wildman–Crippen LogP) is 1.92. The fourth-order valence-corrected chi connectivity index (χ4v) is 1.73. The summed E-state index contributed by atoms with van der Waals surface area (Å²) in [6.07, 6.45) is 0.978. The number of carbonyl (C=O) groups is 2. The summed E-state index contributed by atoms with van der Waals surface area (Å²) in [5.74, 6) is -0.663. The van der Waals surface area contributed by atoms with Crippen LogP contribution in [0.4, 0.5) is 10.1 Å². The molecule has 2 rings (SSSR count). The minimum absolute atomic E-state index is 0.0268. The molecule has 0 radical (unpaired) electrons. The number of halogens is 1. The molecule has 0 spiro atoms. The average Bonchev–Trinajstić information content (AvgIpc) is 2.96. The highest BCUT2D eigenvalue weighted by Crippen LogP contribution is 2.29. The van der Waals surface area contributed by atoms with Crippen LogP contribution in [0.15, 0.2) is 18.2 Å². The van der Waals surface area contributed by atoms with Gasteiger partial charge >= 0.3 is 0 Å². The SMILES string of the molecule is CC(=O)Nc1cc(C(=O)N[C@@H]2C[C@@H]2C)ccc1F. The normalized spacial score (nSPS) is 21.3. The Balaban J connectivity index is 2.12. The van der Waals surface area contributed by atoms with Crippen molar-refractivity contribution in [3.05, 3.63) is 29.6 Å². The highest BCUT2D eigenvalue weighted by molar-refractivity contribution is 5.97. The monoisotopic (exact) mass is 250 g/mol. The summed E-state index contributed by atoms with van der Waals surface area (Å²) in [5, 5.41) is 5.20. The van der Waals surface area contributed by atoms with E-state index in [1.807, 2.05) is 0 Å². The lowest BCUT2D eigenvalue weighted by Crippen LogP contribution is -2.26. The summed E-state index contributed by atoms with van der Waals surface area (Å²) < 4.78 is 13.4. The number of rotatable bonds is 3. The molecular formula is C13H15FN2O2. The molecule has 1 saturated carbocycles. The zero-order chi connectivity index (χ0) is 13.3. The molecule has 1 fully saturated rings. The molecule has 5 heteroatoms. The van der Waals surface area contributed by atoms with Crippen molar-refractivity contribution in [2.45, 2.75) is 26.3 Å². The second-order valence-corrected chi connectivity index (χ2v) is 4.67. The van der Waals surface area contributed by atoms with Crippen LogP contribution in [0.3, 0.4) is 0 Å². The largest absolute Gasteiger partial charge is 0.349 e. The van der Waals surface area contributed by atoms with Crippen LogP contribution in [-0.4, -0.2) is 17.9 Å². The zero-order valence-corrected chi connectivity index (χ0v) is 10.3. The molecule has 0 aliphatic heterocycles. The maximum Gasteiger partial charge on any atom is 0.251 e. The van der Waals surface area contributed by atoms with E-state index in [0.717, 1.165) is 6.42 Å². The number of nitrogens with one attached hydrogen (secondary N) is 2. The minimum Gasteiger partial charge on any atom is -0.349 e. The summed E-state index contributed by atoms with van der Waals surface area (Å²) in [6, 6.07) is 4.14. The van der Waals surface area contributed by atoms with Crippen molar-refractivity contribution >= 4 is 17.5 Å². The molecule has 0 bridgehead atoms. The van der Waals surface area contributed by atoms with Crippen molar-refractivity contribution in [2.24, 2.45) is 5.92 Å². The Hall–Kier alpha value is -1.91. The Morgan fingerprint density at radius 2 is 2.06 bits per heavy atom. The molecule has 0 saturated heterocycles. The van der Waals surface area contributed by atoms with Crippen LogP contribution in [0.25, 0.3) is 0 Å². The lowest BCUT2D eigenvalue weighted by molar-refractivity contribution is -0.114. The van der Waals surface area contributed by atoms with Crippen LogP contribution >= 0.6 is 0 Å². The van der Waals surface area contributed by atoms with E-state index in [1.54, 1.807) is 0 Å². The van der Waals surface area contributed by atoms with Gasteiger partial charge in [0.15, 0.2) is 0 Å². The smallest absolute Gasteiger partial charge is 0.251 e. The summed E-state index contributed by atoms with van der Waals surface area (Å²) in [4.78, 5) is 22.7. The first-order valence-electron chi connectivity index (χ1n) is 5.85. The molecule has 2 N–H and O–H groups in total. The molecule has 2 amide bonds. The van der Waals surface area contributed by atoms with Crippen molar-refractivity contribution in [2.75, 3.05) is 5.32 Å². The average molecular weight is 250 g/mol. The van der Waals surface area contributed by atoms with Crippen LogP contribution < -0.4 is 10.6 Å². The molecule has 96 valence electrons. The molecule has 0 heterocycles. The third-order valence-electron chi connectivity index (χ3n) is 2.97. The van der Waals surface area contributed by atoms with Crippen molar-refractivity contribution in [1.82, 2.24) is 5.32 Å². The number of carbonyl (C=O) groups excluding carboxylic acids is 2. The van der Waals surface area contributed by atoms with Gasteiger partial charge in [-0.1, -0.05) is 6.92 Å². The Bertz CT molecular complexity index is 502. The van der Waals surface area contributed by atoms with E-state index in [0.29, 0.717) is 11.5 Å². The van der Waals surface area contributed by atoms with E-state index in [-0.39, 0.29) is 23.5 Å². The molecule has 1 aromatic carbocycles. The van der Waals surface area contributed by atoms with Gasteiger partial charge in [0.2, 0.25) is 5.91 Å².